The molecule has 31 heavy (non-hydrogen) atoms. The van der Waals surface area contributed by atoms with Crippen LogP contribution in [0.5, 0.6) is 5.75 Å². The molecule has 0 aliphatic heterocycles. The van der Waals surface area contributed by atoms with Crippen LogP contribution >= 0.6 is 0 Å². The Morgan fingerprint density at radius 2 is 1.84 bits per heavy atom. The molecule has 4 rings (SSSR count). The Morgan fingerprint density at radius 1 is 1.10 bits per heavy atom. The van der Waals surface area contributed by atoms with Crippen LogP contribution in [0.1, 0.15) is 10.4 Å². The van der Waals surface area contributed by atoms with Crippen LogP contribution in [0, 0.1) is 0 Å². The minimum absolute atomic E-state index is 0.210. The van der Waals surface area contributed by atoms with Crippen LogP contribution in [-0.4, -0.2) is 54.5 Å². The second kappa shape index (κ2) is 8.57. The number of carbonyl (C=O) groups excluding carboxylic acids is 1. The number of carbonyl (C=O) groups is 1. The summed E-state index contributed by atoms with van der Waals surface area (Å²) < 4.78 is 6.64. The van der Waals surface area contributed by atoms with Crippen LogP contribution in [0.25, 0.3) is 27.7 Å². The zero-order valence-electron chi connectivity index (χ0n) is 17.8. The fourth-order valence-corrected chi connectivity index (χ4v) is 3.46. The van der Waals surface area contributed by atoms with Crippen LogP contribution in [0.2, 0.25) is 0 Å². The van der Waals surface area contributed by atoms with E-state index in [-0.39, 0.29) is 11.5 Å². The molecular weight excluding hydrogens is 392 g/mol. The Labute approximate surface area is 179 Å². The van der Waals surface area contributed by atoms with Gasteiger partial charge in [-0.25, -0.2) is 4.98 Å². The molecule has 0 radical (unpaired) electrons. The molecule has 1 N–H and O–H groups in total. The van der Waals surface area contributed by atoms with Crippen LogP contribution in [0.4, 0.5) is 0 Å². The molecule has 7 nitrogen and oxygen atoms in total. The van der Waals surface area contributed by atoms with Crippen molar-refractivity contribution < 1.29 is 9.53 Å². The van der Waals surface area contributed by atoms with Gasteiger partial charge in [0.05, 0.1) is 23.6 Å². The number of pyridine rings is 1. The van der Waals surface area contributed by atoms with Gasteiger partial charge in [0.1, 0.15) is 5.75 Å². The van der Waals surface area contributed by atoms with Crippen molar-refractivity contribution in [1.82, 2.24) is 19.6 Å². The molecular formula is C24H24N4O3. The number of nitrogens with one attached hydrogen (secondary N) is 1. The molecule has 2 aromatic carbocycles. The van der Waals surface area contributed by atoms with E-state index >= 15 is 0 Å². The first-order chi connectivity index (χ1) is 15.0. The van der Waals surface area contributed by atoms with E-state index in [1.165, 1.54) is 4.40 Å². The van der Waals surface area contributed by atoms with Crippen LogP contribution in [0.3, 0.4) is 0 Å². The summed E-state index contributed by atoms with van der Waals surface area (Å²) in [7, 11) is 5.51. The molecule has 0 fully saturated rings. The van der Waals surface area contributed by atoms with Crippen molar-refractivity contribution >= 4 is 22.5 Å². The van der Waals surface area contributed by atoms with E-state index in [2.05, 4.69) is 10.3 Å². The minimum Gasteiger partial charge on any atom is -0.497 e. The van der Waals surface area contributed by atoms with Gasteiger partial charge in [0, 0.05) is 19.3 Å². The second-order valence-electron chi connectivity index (χ2n) is 7.55. The van der Waals surface area contributed by atoms with Gasteiger partial charge >= 0.3 is 0 Å². The zero-order valence-corrected chi connectivity index (χ0v) is 17.8. The molecule has 0 bridgehead atoms. The van der Waals surface area contributed by atoms with Crippen molar-refractivity contribution in [2.24, 2.45) is 0 Å². The molecule has 0 spiro atoms. The number of likely N-dealkylation sites (N-methyl/N-ethyl adjacent to an activating group) is 1. The fraction of sp³-hybridized carbons (Fsp3) is 0.208. The maximum absolute atomic E-state index is 13.2. The molecule has 0 saturated carbocycles. The highest BCUT2D eigenvalue weighted by Gasteiger charge is 2.15. The Morgan fingerprint density at radius 3 is 2.55 bits per heavy atom. The Bertz CT molecular complexity index is 1310. The SMILES string of the molecule is COc1ccc(-c2ccc3nc4c(C(=O)NCCN(C)C)cccn4c(=O)c3c2)cc1. The molecule has 2 aromatic heterocycles. The van der Waals surface area contributed by atoms with Crippen molar-refractivity contribution in [3.8, 4) is 16.9 Å². The van der Waals surface area contributed by atoms with Gasteiger partial charge < -0.3 is 15.0 Å². The summed E-state index contributed by atoms with van der Waals surface area (Å²) in [6.45, 7) is 1.23. The fourth-order valence-electron chi connectivity index (χ4n) is 3.46. The lowest BCUT2D eigenvalue weighted by atomic mass is 10.0. The number of nitrogens with zero attached hydrogens (tertiary/aromatic N) is 3. The summed E-state index contributed by atoms with van der Waals surface area (Å²) in [5, 5.41) is 3.38. The summed E-state index contributed by atoms with van der Waals surface area (Å²) in [4.78, 5) is 32.5. The summed E-state index contributed by atoms with van der Waals surface area (Å²) in [6, 6.07) is 16.6. The number of aromatic nitrogens is 2. The number of hydrogen-bond acceptors (Lipinski definition) is 5. The average Bonchev–Trinajstić information content (AvgIpc) is 2.78. The maximum atomic E-state index is 13.2. The Hall–Kier alpha value is -3.71. The molecule has 7 heteroatoms. The van der Waals surface area contributed by atoms with Crippen LogP contribution in [-0.2, 0) is 0 Å². The molecule has 0 atom stereocenters. The average molecular weight is 416 g/mol. The van der Waals surface area contributed by atoms with E-state index in [0.717, 1.165) is 23.4 Å². The minimum atomic E-state index is -0.249. The summed E-state index contributed by atoms with van der Waals surface area (Å²) >= 11 is 0. The number of fused-ring (bicyclic) bond motifs is 2. The van der Waals surface area contributed by atoms with Gasteiger partial charge in [-0.3, -0.25) is 14.0 Å². The molecule has 0 saturated heterocycles. The number of rotatable bonds is 6. The first-order valence-electron chi connectivity index (χ1n) is 10.0. The molecule has 0 aliphatic rings. The van der Waals surface area contributed by atoms with Gasteiger partial charge in [-0.15, -0.1) is 0 Å². The quantitative estimate of drug-likeness (QED) is 0.489. The first-order valence-corrected chi connectivity index (χ1v) is 10.0. The standard InChI is InChI=1S/C24H24N4O3/c1-27(2)14-12-25-23(29)19-5-4-13-28-22(19)26-21-11-8-17(15-20(21)24(28)30)16-6-9-18(31-3)10-7-16/h4-11,13,15H,12,14H2,1-3H3,(H,25,29). The molecule has 0 aliphatic carbocycles. The van der Waals surface area contributed by atoms with E-state index in [9.17, 15) is 9.59 Å². The van der Waals surface area contributed by atoms with Crippen LogP contribution < -0.4 is 15.6 Å². The maximum Gasteiger partial charge on any atom is 0.265 e. The first kappa shape index (κ1) is 20.6. The topological polar surface area (TPSA) is 75.9 Å². The van der Waals surface area contributed by atoms with Gasteiger partial charge in [0.15, 0.2) is 5.65 Å². The molecule has 158 valence electrons. The normalized spacial score (nSPS) is 11.2. The molecule has 1 amide bonds. The van der Waals surface area contributed by atoms with Crippen LogP contribution in [0.15, 0.2) is 65.6 Å². The van der Waals surface area contributed by atoms with E-state index in [1.807, 2.05) is 61.5 Å². The van der Waals surface area contributed by atoms with Crippen molar-refractivity contribution in [2.45, 2.75) is 0 Å². The van der Waals surface area contributed by atoms with Crippen molar-refractivity contribution in [2.75, 3.05) is 34.3 Å². The van der Waals surface area contributed by atoms with Crippen molar-refractivity contribution in [3.05, 3.63) is 76.7 Å². The highest BCUT2D eigenvalue weighted by molar-refractivity contribution is 6.00. The lowest BCUT2D eigenvalue weighted by Crippen LogP contribution is -2.32. The van der Waals surface area contributed by atoms with Gasteiger partial charge in [-0.05, 0) is 61.6 Å². The molecule has 4 aromatic rings. The van der Waals surface area contributed by atoms with Crippen molar-refractivity contribution in [1.29, 1.82) is 0 Å². The van der Waals surface area contributed by atoms with Gasteiger partial charge in [0.2, 0.25) is 0 Å². The third-order valence-corrected chi connectivity index (χ3v) is 5.15. The highest BCUT2D eigenvalue weighted by atomic mass is 16.5. The number of amides is 1. The zero-order chi connectivity index (χ0) is 22.0. The second-order valence-corrected chi connectivity index (χ2v) is 7.55. The van der Waals surface area contributed by atoms with E-state index in [1.54, 1.807) is 25.4 Å². The van der Waals surface area contributed by atoms with E-state index in [4.69, 9.17) is 4.74 Å². The predicted octanol–water partition coefficient (Wildman–Crippen LogP) is 2.81. The smallest absolute Gasteiger partial charge is 0.265 e. The Balaban J connectivity index is 1.77. The highest BCUT2D eigenvalue weighted by Crippen LogP contribution is 2.25. The van der Waals surface area contributed by atoms with E-state index in [0.29, 0.717) is 28.7 Å². The van der Waals surface area contributed by atoms with Gasteiger partial charge in [-0.1, -0.05) is 18.2 Å². The Kier molecular flexibility index (Phi) is 5.68. The number of methoxy groups -OCH3 is 1. The lowest BCUT2D eigenvalue weighted by Gasteiger charge is -2.12. The van der Waals surface area contributed by atoms with E-state index < -0.39 is 0 Å². The molecule has 2 heterocycles. The predicted molar refractivity (Wildman–Crippen MR) is 122 cm³/mol. The largest absolute Gasteiger partial charge is 0.497 e. The number of benzene rings is 2. The third-order valence-electron chi connectivity index (χ3n) is 5.15. The number of ether oxygens (including phenoxy) is 1. The summed E-state index contributed by atoms with van der Waals surface area (Å²) in [5.41, 5.74) is 2.95. The lowest BCUT2D eigenvalue weighted by molar-refractivity contribution is 0.0952. The van der Waals surface area contributed by atoms with Gasteiger partial charge in [-0.2, -0.15) is 0 Å². The number of hydrogen-bond donors (Lipinski definition) is 1. The van der Waals surface area contributed by atoms with Gasteiger partial charge in [0.25, 0.3) is 11.5 Å². The monoisotopic (exact) mass is 416 g/mol. The summed E-state index contributed by atoms with van der Waals surface area (Å²) in [6.07, 6.45) is 1.64. The third kappa shape index (κ3) is 4.13. The molecule has 0 unspecified atom stereocenters. The summed E-state index contributed by atoms with van der Waals surface area (Å²) in [5.74, 6) is 0.523. The van der Waals surface area contributed by atoms with Crippen molar-refractivity contribution in [3.63, 3.8) is 0 Å².